The Hall–Kier alpha value is -2.40. The molecule has 0 aliphatic carbocycles. The van der Waals surface area contributed by atoms with E-state index in [1.807, 2.05) is 44.2 Å². The zero-order valence-corrected chi connectivity index (χ0v) is 12.3. The Balaban J connectivity index is 2.28. The van der Waals surface area contributed by atoms with Gasteiger partial charge in [-0.25, -0.2) is 10.8 Å². The number of amides is 1. The SMILES string of the molecule is CC(C)N(Cc1ccccc1)C(=O)c1cccnc1NN. The Labute approximate surface area is 124 Å². The fraction of sp³-hybridized carbons (Fsp3) is 0.250. The standard InChI is InChI=1S/C16H20N4O/c1-12(2)20(11-13-7-4-3-5-8-13)16(21)14-9-6-10-18-15(14)19-17/h3-10,12H,11,17H2,1-2H3,(H,18,19). The summed E-state index contributed by atoms with van der Waals surface area (Å²) in [6.45, 7) is 4.54. The van der Waals surface area contributed by atoms with Crippen LogP contribution in [0, 0.1) is 0 Å². The maximum Gasteiger partial charge on any atom is 0.258 e. The van der Waals surface area contributed by atoms with Crippen LogP contribution in [0.4, 0.5) is 5.82 Å². The van der Waals surface area contributed by atoms with Gasteiger partial charge < -0.3 is 10.3 Å². The van der Waals surface area contributed by atoms with Crippen molar-refractivity contribution in [3.05, 3.63) is 59.8 Å². The van der Waals surface area contributed by atoms with Crippen molar-refractivity contribution in [3.63, 3.8) is 0 Å². The van der Waals surface area contributed by atoms with E-state index >= 15 is 0 Å². The first-order valence-corrected chi connectivity index (χ1v) is 6.90. The number of rotatable bonds is 5. The highest BCUT2D eigenvalue weighted by molar-refractivity contribution is 5.98. The van der Waals surface area contributed by atoms with Gasteiger partial charge in [-0.05, 0) is 31.5 Å². The van der Waals surface area contributed by atoms with E-state index in [9.17, 15) is 4.79 Å². The van der Waals surface area contributed by atoms with Gasteiger partial charge in [0.1, 0.15) is 0 Å². The summed E-state index contributed by atoms with van der Waals surface area (Å²) in [5, 5.41) is 0. The molecule has 0 aliphatic rings. The molecule has 5 nitrogen and oxygen atoms in total. The van der Waals surface area contributed by atoms with Crippen molar-refractivity contribution in [3.8, 4) is 0 Å². The largest absolute Gasteiger partial charge is 0.332 e. The summed E-state index contributed by atoms with van der Waals surface area (Å²) in [4.78, 5) is 18.6. The molecular formula is C16H20N4O. The van der Waals surface area contributed by atoms with Gasteiger partial charge >= 0.3 is 0 Å². The molecule has 0 spiro atoms. The highest BCUT2D eigenvalue weighted by atomic mass is 16.2. The Kier molecular flexibility index (Phi) is 4.90. The van der Waals surface area contributed by atoms with Gasteiger partial charge in [0.2, 0.25) is 0 Å². The molecule has 1 aromatic carbocycles. The van der Waals surface area contributed by atoms with Crippen LogP contribution in [0.1, 0.15) is 29.8 Å². The number of pyridine rings is 1. The van der Waals surface area contributed by atoms with Gasteiger partial charge in [0.15, 0.2) is 5.82 Å². The van der Waals surface area contributed by atoms with Crippen molar-refractivity contribution in [1.29, 1.82) is 0 Å². The van der Waals surface area contributed by atoms with Gasteiger partial charge in [-0.1, -0.05) is 30.3 Å². The summed E-state index contributed by atoms with van der Waals surface area (Å²) in [5.74, 6) is 5.74. The maximum atomic E-state index is 12.8. The van der Waals surface area contributed by atoms with Gasteiger partial charge in [0.05, 0.1) is 5.56 Å². The minimum atomic E-state index is -0.0881. The fourth-order valence-corrected chi connectivity index (χ4v) is 2.12. The molecule has 0 saturated heterocycles. The smallest absolute Gasteiger partial charge is 0.258 e. The van der Waals surface area contributed by atoms with Crippen LogP contribution in [0.15, 0.2) is 48.7 Å². The molecule has 0 saturated carbocycles. The highest BCUT2D eigenvalue weighted by Crippen LogP contribution is 2.17. The van der Waals surface area contributed by atoms with E-state index in [0.717, 1.165) is 5.56 Å². The minimum Gasteiger partial charge on any atom is -0.332 e. The van der Waals surface area contributed by atoms with Crippen LogP contribution in [-0.4, -0.2) is 21.8 Å². The lowest BCUT2D eigenvalue weighted by Crippen LogP contribution is -2.37. The van der Waals surface area contributed by atoms with Crippen molar-refractivity contribution in [1.82, 2.24) is 9.88 Å². The van der Waals surface area contributed by atoms with Crippen LogP contribution in [0.25, 0.3) is 0 Å². The number of nitrogens with zero attached hydrogens (tertiary/aromatic N) is 2. The van der Waals surface area contributed by atoms with Crippen LogP contribution in [-0.2, 0) is 6.54 Å². The number of anilines is 1. The molecule has 0 aliphatic heterocycles. The molecule has 21 heavy (non-hydrogen) atoms. The first-order valence-electron chi connectivity index (χ1n) is 6.90. The quantitative estimate of drug-likeness (QED) is 0.653. The number of hydrogen-bond donors (Lipinski definition) is 2. The molecule has 3 N–H and O–H groups in total. The van der Waals surface area contributed by atoms with Crippen molar-refractivity contribution >= 4 is 11.7 Å². The molecule has 1 aromatic heterocycles. The third-order valence-corrected chi connectivity index (χ3v) is 3.25. The van der Waals surface area contributed by atoms with Crippen LogP contribution < -0.4 is 11.3 Å². The zero-order valence-electron chi connectivity index (χ0n) is 12.3. The molecule has 5 heteroatoms. The number of nitrogens with one attached hydrogen (secondary N) is 1. The van der Waals surface area contributed by atoms with E-state index in [-0.39, 0.29) is 11.9 Å². The van der Waals surface area contributed by atoms with Gasteiger partial charge in [0.25, 0.3) is 5.91 Å². The number of carbonyl (C=O) groups is 1. The van der Waals surface area contributed by atoms with Crippen molar-refractivity contribution in [2.75, 3.05) is 5.43 Å². The summed E-state index contributed by atoms with van der Waals surface area (Å²) in [5.41, 5.74) is 4.04. The third-order valence-electron chi connectivity index (χ3n) is 3.25. The lowest BCUT2D eigenvalue weighted by Gasteiger charge is -2.27. The predicted molar refractivity (Wildman–Crippen MR) is 83.5 cm³/mol. The number of benzene rings is 1. The molecule has 2 rings (SSSR count). The molecule has 0 unspecified atom stereocenters. The number of nitrogens with two attached hydrogens (primary N) is 1. The Bertz CT molecular complexity index is 598. The maximum absolute atomic E-state index is 12.8. The van der Waals surface area contributed by atoms with Gasteiger partial charge in [-0.3, -0.25) is 4.79 Å². The van der Waals surface area contributed by atoms with Crippen LogP contribution in [0.2, 0.25) is 0 Å². The normalized spacial score (nSPS) is 10.5. The molecule has 0 bridgehead atoms. The summed E-state index contributed by atoms with van der Waals surface area (Å²) >= 11 is 0. The summed E-state index contributed by atoms with van der Waals surface area (Å²) in [6, 6.07) is 13.4. The van der Waals surface area contributed by atoms with E-state index in [1.165, 1.54) is 0 Å². The fourth-order valence-electron chi connectivity index (χ4n) is 2.12. The van der Waals surface area contributed by atoms with Crippen molar-refractivity contribution in [2.24, 2.45) is 5.84 Å². The van der Waals surface area contributed by atoms with Crippen LogP contribution in [0.3, 0.4) is 0 Å². The molecule has 2 aromatic rings. The van der Waals surface area contributed by atoms with Crippen LogP contribution in [0.5, 0.6) is 0 Å². The van der Waals surface area contributed by atoms with E-state index in [1.54, 1.807) is 23.2 Å². The Morgan fingerprint density at radius 1 is 1.24 bits per heavy atom. The molecule has 0 atom stereocenters. The van der Waals surface area contributed by atoms with Gasteiger partial charge in [-0.15, -0.1) is 0 Å². The highest BCUT2D eigenvalue weighted by Gasteiger charge is 2.21. The third kappa shape index (κ3) is 3.58. The van der Waals surface area contributed by atoms with E-state index in [4.69, 9.17) is 5.84 Å². The minimum absolute atomic E-state index is 0.0727. The van der Waals surface area contributed by atoms with Gasteiger partial charge in [-0.2, -0.15) is 0 Å². The first kappa shape index (κ1) is 15.0. The number of aromatic nitrogens is 1. The summed E-state index contributed by atoms with van der Waals surface area (Å²) in [6.07, 6.45) is 1.60. The lowest BCUT2D eigenvalue weighted by molar-refractivity contribution is 0.0691. The summed E-state index contributed by atoms with van der Waals surface area (Å²) < 4.78 is 0. The number of hydrazine groups is 1. The predicted octanol–water partition coefficient (Wildman–Crippen LogP) is 2.42. The van der Waals surface area contributed by atoms with E-state index in [2.05, 4.69) is 10.4 Å². The summed E-state index contributed by atoms with van der Waals surface area (Å²) in [7, 11) is 0. The number of carbonyl (C=O) groups excluding carboxylic acids is 1. The second-order valence-corrected chi connectivity index (χ2v) is 5.06. The topological polar surface area (TPSA) is 71.2 Å². The zero-order chi connectivity index (χ0) is 15.2. The average molecular weight is 284 g/mol. The molecule has 1 heterocycles. The van der Waals surface area contributed by atoms with E-state index in [0.29, 0.717) is 17.9 Å². The molecular weight excluding hydrogens is 264 g/mol. The van der Waals surface area contributed by atoms with E-state index < -0.39 is 0 Å². The molecule has 110 valence electrons. The van der Waals surface area contributed by atoms with Crippen LogP contribution >= 0.6 is 0 Å². The number of hydrogen-bond acceptors (Lipinski definition) is 4. The molecule has 0 radical (unpaired) electrons. The second-order valence-electron chi connectivity index (χ2n) is 5.06. The Morgan fingerprint density at radius 3 is 2.57 bits per heavy atom. The monoisotopic (exact) mass is 284 g/mol. The lowest BCUT2D eigenvalue weighted by atomic mass is 10.1. The second kappa shape index (κ2) is 6.85. The molecule has 1 amide bonds. The Morgan fingerprint density at radius 2 is 1.95 bits per heavy atom. The van der Waals surface area contributed by atoms with Crippen molar-refractivity contribution < 1.29 is 4.79 Å². The van der Waals surface area contributed by atoms with Gasteiger partial charge in [0, 0.05) is 18.8 Å². The number of nitrogen functional groups attached to an aromatic ring is 1. The molecule has 0 fully saturated rings. The first-order chi connectivity index (χ1) is 10.1. The van der Waals surface area contributed by atoms with Crippen molar-refractivity contribution in [2.45, 2.75) is 26.4 Å². The average Bonchev–Trinajstić information content (AvgIpc) is 2.52.